The Morgan fingerprint density at radius 1 is 0.860 bits per heavy atom. The molecule has 0 aliphatic carbocycles. The highest BCUT2D eigenvalue weighted by molar-refractivity contribution is 7.86. The van der Waals surface area contributed by atoms with Gasteiger partial charge in [-0.25, -0.2) is 0 Å². The van der Waals surface area contributed by atoms with Crippen molar-refractivity contribution < 1.29 is 25.9 Å². The van der Waals surface area contributed by atoms with Crippen molar-refractivity contribution in [1.29, 1.82) is 5.26 Å². The summed E-state index contributed by atoms with van der Waals surface area (Å²) >= 11 is 12.2. The van der Waals surface area contributed by atoms with Crippen molar-refractivity contribution in [3.8, 4) is 6.07 Å². The summed E-state index contributed by atoms with van der Waals surface area (Å²) < 4.78 is 66.8. The maximum Gasteiger partial charge on any atom is 0.296 e. The van der Waals surface area contributed by atoms with Gasteiger partial charge in [0.15, 0.2) is 5.69 Å². The number of H-pyrrole nitrogens is 1. The molecule has 0 aliphatic rings. The molecular formula is C25H15Cl2N7O7S2. The lowest BCUT2D eigenvalue weighted by Gasteiger charge is -2.06. The summed E-state index contributed by atoms with van der Waals surface area (Å²) in [5.41, 5.74) is -0.0837. The topological polar surface area (TPSA) is 219 Å². The number of aromatic nitrogens is 2. The molecule has 0 spiro atoms. The quantitative estimate of drug-likeness (QED) is 0.133. The van der Waals surface area contributed by atoms with Crippen LogP contribution in [0, 0.1) is 18.3 Å². The first-order valence-corrected chi connectivity index (χ1v) is 15.3. The Kier molecular flexibility index (Phi) is 7.64. The number of nitrogens with one attached hydrogen (secondary N) is 1. The molecule has 5 rings (SSSR count). The summed E-state index contributed by atoms with van der Waals surface area (Å²) in [6.07, 6.45) is 0. The molecule has 14 nitrogen and oxygen atoms in total. The molecular weight excluding hydrogens is 645 g/mol. The van der Waals surface area contributed by atoms with Gasteiger partial charge in [-0.05, 0) is 61.5 Å². The van der Waals surface area contributed by atoms with Crippen molar-refractivity contribution in [3.05, 3.63) is 86.1 Å². The molecule has 3 N–H and O–H groups in total. The summed E-state index contributed by atoms with van der Waals surface area (Å²) in [4.78, 5) is 15.4. The minimum atomic E-state index is -4.88. The first kappa shape index (κ1) is 30.0. The molecule has 0 atom stereocenters. The van der Waals surface area contributed by atoms with Crippen LogP contribution in [0.1, 0.15) is 11.1 Å². The lowest BCUT2D eigenvalue weighted by atomic mass is 10.1. The number of imidazole rings is 1. The van der Waals surface area contributed by atoms with E-state index in [0.29, 0.717) is 11.0 Å². The van der Waals surface area contributed by atoms with Gasteiger partial charge in [-0.3, -0.25) is 18.3 Å². The van der Waals surface area contributed by atoms with E-state index in [1.54, 1.807) is 0 Å². The SMILES string of the molecule is Cc1c(N=Nc2ccc(N=Nc3ccc(S(=O)(=O)O)cc3)cc2S(=O)(=O)O)c(=O)n2c([nH]c3cc(Cl)c(Cl)cc32)c1C#N. The Hall–Kier alpha value is -4.50. The molecule has 0 fully saturated rings. The fourth-order valence-electron chi connectivity index (χ4n) is 4.09. The molecule has 2 heterocycles. The van der Waals surface area contributed by atoms with E-state index in [1.165, 1.54) is 41.7 Å². The zero-order valence-electron chi connectivity index (χ0n) is 21.4. The minimum Gasteiger partial charge on any atom is -0.338 e. The number of pyridine rings is 1. The van der Waals surface area contributed by atoms with Crippen molar-refractivity contribution in [1.82, 2.24) is 9.38 Å². The largest absolute Gasteiger partial charge is 0.338 e. The summed E-state index contributed by atoms with van der Waals surface area (Å²) in [5.74, 6) is 0. The second-order valence-electron chi connectivity index (χ2n) is 8.85. The van der Waals surface area contributed by atoms with E-state index in [1.807, 2.05) is 6.07 Å². The van der Waals surface area contributed by atoms with Gasteiger partial charge in [-0.15, -0.1) is 10.2 Å². The van der Waals surface area contributed by atoms with Crippen LogP contribution in [0.5, 0.6) is 0 Å². The zero-order valence-corrected chi connectivity index (χ0v) is 24.5. The fourth-order valence-corrected chi connectivity index (χ4v) is 5.53. The number of azo groups is 2. The minimum absolute atomic E-state index is 0.0378. The Balaban J connectivity index is 1.58. The van der Waals surface area contributed by atoms with Crippen LogP contribution >= 0.6 is 23.2 Å². The number of halogens is 2. The van der Waals surface area contributed by atoms with Crippen molar-refractivity contribution in [2.75, 3.05) is 0 Å². The molecule has 5 aromatic rings. The third-order valence-electron chi connectivity index (χ3n) is 6.14. The van der Waals surface area contributed by atoms with Crippen molar-refractivity contribution in [3.63, 3.8) is 0 Å². The van der Waals surface area contributed by atoms with E-state index in [-0.39, 0.29) is 54.5 Å². The van der Waals surface area contributed by atoms with E-state index in [9.17, 15) is 31.4 Å². The Labute approximate surface area is 252 Å². The molecule has 2 aromatic heterocycles. The van der Waals surface area contributed by atoms with Gasteiger partial charge in [0, 0.05) is 5.56 Å². The lowest BCUT2D eigenvalue weighted by molar-refractivity contribution is 0.481. The number of nitrogens with zero attached hydrogens (tertiary/aromatic N) is 6. The van der Waals surface area contributed by atoms with Crippen LogP contribution in [0.15, 0.2) is 89.6 Å². The number of aromatic amines is 1. The maximum atomic E-state index is 13.5. The standard InChI is InChI=1S/C25H15Cl2N7O7S2/c1-12-16(11-28)24-29-20-9-17(26)18(27)10-21(20)34(24)25(35)23(12)33-32-19-7-4-14(8-22(19)43(39,40)41)31-30-13-2-5-15(6-3-13)42(36,37)38/h2-10,29H,1H3,(H,36,37,38)(H,39,40,41). The molecule has 0 saturated heterocycles. The van der Waals surface area contributed by atoms with Crippen LogP contribution in [-0.2, 0) is 20.2 Å². The smallest absolute Gasteiger partial charge is 0.296 e. The van der Waals surface area contributed by atoms with E-state index in [4.69, 9.17) is 27.8 Å². The molecule has 218 valence electrons. The maximum absolute atomic E-state index is 13.5. The van der Waals surface area contributed by atoms with Gasteiger partial charge in [0.1, 0.15) is 22.3 Å². The number of rotatable bonds is 6. The van der Waals surface area contributed by atoms with Crippen LogP contribution in [0.4, 0.5) is 22.7 Å². The number of hydrogen-bond donors (Lipinski definition) is 3. The van der Waals surface area contributed by atoms with Gasteiger partial charge < -0.3 is 4.98 Å². The van der Waals surface area contributed by atoms with E-state index in [2.05, 4.69) is 25.4 Å². The first-order chi connectivity index (χ1) is 20.2. The Morgan fingerprint density at radius 2 is 1.49 bits per heavy atom. The molecule has 0 unspecified atom stereocenters. The molecule has 3 aromatic carbocycles. The van der Waals surface area contributed by atoms with Gasteiger partial charge in [0.05, 0.1) is 42.9 Å². The van der Waals surface area contributed by atoms with Gasteiger partial charge in [0.2, 0.25) is 0 Å². The van der Waals surface area contributed by atoms with Crippen molar-refractivity contribution >= 4 is 82.9 Å². The highest BCUT2D eigenvalue weighted by Crippen LogP contribution is 2.33. The lowest BCUT2D eigenvalue weighted by Crippen LogP contribution is -2.15. The summed E-state index contributed by atoms with van der Waals surface area (Å²) in [7, 11) is -9.28. The Morgan fingerprint density at radius 3 is 2.12 bits per heavy atom. The van der Waals surface area contributed by atoms with Gasteiger partial charge in [-0.2, -0.15) is 32.3 Å². The van der Waals surface area contributed by atoms with Crippen LogP contribution in [0.25, 0.3) is 16.7 Å². The van der Waals surface area contributed by atoms with Crippen LogP contribution in [-0.4, -0.2) is 35.3 Å². The van der Waals surface area contributed by atoms with E-state index >= 15 is 0 Å². The fraction of sp³-hybridized carbons (Fsp3) is 0.0400. The number of nitriles is 1. The molecule has 0 saturated carbocycles. The highest BCUT2D eigenvalue weighted by atomic mass is 35.5. The number of hydrogen-bond acceptors (Lipinski definition) is 10. The van der Waals surface area contributed by atoms with Crippen molar-refractivity contribution in [2.45, 2.75) is 16.7 Å². The summed E-state index contributed by atoms with van der Waals surface area (Å²) in [6.45, 7) is 1.47. The molecule has 0 amide bonds. The normalized spacial score (nSPS) is 12.6. The average Bonchev–Trinajstić information content (AvgIpc) is 3.29. The Bertz CT molecular complexity index is 2360. The summed E-state index contributed by atoms with van der Waals surface area (Å²) in [6, 6.07) is 13.1. The predicted molar refractivity (Wildman–Crippen MR) is 156 cm³/mol. The second kappa shape index (κ2) is 11.0. The number of fused-ring (bicyclic) bond motifs is 3. The number of benzene rings is 3. The van der Waals surface area contributed by atoms with Crippen LogP contribution in [0.3, 0.4) is 0 Å². The third-order valence-corrected chi connectivity index (χ3v) is 8.61. The molecule has 43 heavy (non-hydrogen) atoms. The third kappa shape index (κ3) is 5.77. The van der Waals surface area contributed by atoms with Crippen molar-refractivity contribution in [2.24, 2.45) is 20.5 Å². The first-order valence-electron chi connectivity index (χ1n) is 11.7. The second-order valence-corrected chi connectivity index (χ2v) is 12.5. The van der Waals surface area contributed by atoms with E-state index in [0.717, 1.165) is 24.3 Å². The van der Waals surface area contributed by atoms with Gasteiger partial charge in [0.25, 0.3) is 25.8 Å². The molecule has 0 aliphatic heterocycles. The van der Waals surface area contributed by atoms with Gasteiger partial charge >= 0.3 is 0 Å². The molecule has 18 heteroatoms. The predicted octanol–water partition coefficient (Wildman–Crippen LogP) is 6.59. The molecule has 0 radical (unpaired) electrons. The summed E-state index contributed by atoms with van der Waals surface area (Å²) in [5, 5.41) is 25.8. The molecule has 0 bridgehead atoms. The van der Waals surface area contributed by atoms with Crippen LogP contribution < -0.4 is 5.56 Å². The zero-order chi connectivity index (χ0) is 31.3. The monoisotopic (exact) mass is 659 g/mol. The van der Waals surface area contributed by atoms with Gasteiger partial charge in [-0.1, -0.05) is 23.2 Å². The average molecular weight is 660 g/mol. The van der Waals surface area contributed by atoms with E-state index < -0.39 is 30.7 Å². The highest BCUT2D eigenvalue weighted by Gasteiger charge is 2.21. The van der Waals surface area contributed by atoms with Crippen LogP contribution in [0.2, 0.25) is 10.0 Å².